The van der Waals surface area contributed by atoms with Gasteiger partial charge in [0.2, 0.25) is 5.95 Å². The number of halogens is 1. The number of hydrogen-bond acceptors (Lipinski definition) is 6. The van der Waals surface area contributed by atoms with E-state index in [9.17, 15) is 5.26 Å². The van der Waals surface area contributed by atoms with Gasteiger partial charge in [-0.15, -0.1) is 10.2 Å². The van der Waals surface area contributed by atoms with E-state index in [-0.39, 0.29) is 0 Å². The summed E-state index contributed by atoms with van der Waals surface area (Å²) in [7, 11) is 0. The molecular formula is C24H20ClN5O2. The molecular weight excluding hydrogens is 426 g/mol. The summed E-state index contributed by atoms with van der Waals surface area (Å²) in [6.07, 6.45) is 3.78. The molecule has 32 heavy (non-hydrogen) atoms. The Hall–Kier alpha value is -3.60. The largest absolute Gasteiger partial charge is 0.488 e. The van der Waals surface area contributed by atoms with Crippen LogP contribution in [0.4, 0.5) is 5.95 Å². The number of allylic oxidation sites excluding steroid dienone is 1. The number of rotatable bonds is 4. The summed E-state index contributed by atoms with van der Waals surface area (Å²) in [4.78, 5) is 2.13. The van der Waals surface area contributed by atoms with Crippen molar-refractivity contribution >= 4 is 29.2 Å². The van der Waals surface area contributed by atoms with E-state index in [1.807, 2.05) is 53.1 Å². The van der Waals surface area contributed by atoms with Crippen molar-refractivity contribution in [2.75, 3.05) is 37.8 Å². The lowest BCUT2D eigenvalue weighted by Crippen LogP contribution is -2.38. The molecule has 0 spiro atoms. The van der Waals surface area contributed by atoms with Crippen LogP contribution in [0.2, 0.25) is 5.02 Å². The van der Waals surface area contributed by atoms with Crippen LogP contribution in [0.1, 0.15) is 11.4 Å². The summed E-state index contributed by atoms with van der Waals surface area (Å²) < 4.78 is 13.3. The van der Waals surface area contributed by atoms with Crippen molar-refractivity contribution in [3.8, 4) is 17.5 Å². The van der Waals surface area contributed by atoms with Gasteiger partial charge < -0.3 is 14.4 Å². The molecule has 0 bridgehead atoms. The minimum absolute atomic E-state index is 0.357. The van der Waals surface area contributed by atoms with E-state index in [2.05, 4.69) is 21.2 Å². The maximum absolute atomic E-state index is 10.0. The highest BCUT2D eigenvalue weighted by molar-refractivity contribution is 6.30. The highest BCUT2D eigenvalue weighted by Gasteiger charge is 2.24. The van der Waals surface area contributed by atoms with Gasteiger partial charge in [0.1, 0.15) is 18.4 Å². The third-order valence-electron chi connectivity index (χ3n) is 5.35. The van der Waals surface area contributed by atoms with Gasteiger partial charge in [0.05, 0.1) is 24.5 Å². The highest BCUT2D eigenvalue weighted by atomic mass is 35.5. The van der Waals surface area contributed by atoms with Crippen LogP contribution in [0.15, 0.2) is 60.2 Å². The first-order valence-corrected chi connectivity index (χ1v) is 10.7. The topological polar surface area (TPSA) is 76.2 Å². The third-order valence-corrected chi connectivity index (χ3v) is 5.59. The minimum atomic E-state index is 0.357. The molecule has 2 aliphatic heterocycles. The van der Waals surface area contributed by atoms with Gasteiger partial charge in [0.15, 0.2) is 5.82 Å². The number of nitrogens with zero attached hydrogens (tertiary/aromatic N) is 5. The van der Waals surface area contributed by atoms with Gasteiger partial charge in [0, 0.05) is 23.7 Å². The maximum Gasteiger partial charge on any atom is 0.232 e. The van der Waals surface area contributed by atoms with Gasteiger partial charge in [-0.1, -0.05) is 29.8 Å². The van der Waals surface area contributed by atoms with E-state index >= 15 is 0 Å². The number of para-hydroxylation sites is 1. The molecule has 7 nitrogen and oxygen atoms in total. The molecule has 0 radical (unpaired) electrons. The van der Waals surface area contributed by atoms with Crippen molar-refractivity contribution in [2.45, 2.75) is 0 Å². The van der Waals surface area contributed by atoms with E-state index in [1.54, 1.807) is 12.1 Å². The zero-order chi connectivity index (χ0) is 21.9. The number of ether oxygens (including phenoxy) is 2. The van der Waals surface area contributed by atoms with Crippen molar-refractivity contribution in [3.63, 3.8) is 0 Å². The van der Waals surface area contributed by atoms with E-state index < -0.39 is 0 Å². The van der Waals surface area contributed by atoms with Gasteiger partial charge in [-0.3, -0.25) is 4.57 Å². The maximum atomic E-state index is 10.0. The quantitative estimate of drug-likeness (QED) is 0.562. The van der Waals surface area contributed by atoms with Crippen molar-refractivity contribution in [1.82, 2.24) is 14.8 Å². The molecule has 0 saturated carbocycles. The summed E-state index contributed by atoms with van der Waals surface area (Å²) in [5, 5.41) is 19.5. The molecule has 1 aromatic heterocycles. The predicted octanol–water partition coefficient (Wildman–Crippen LogP) is 4.14. The van der Waals surface area contributed by atoms with E-state index in [4.69, 9.17) is 21.1 Å². The summed E-state index contributed by atoms with van der Waals surface area (Å²) in [5.41, 5.74) is 3.03. The Balaban J connectivity index is 1.59. The van der Waals surface area contributed by atoms with Gasteiger partial charge in [0.25, 0.3) is 0 Å². The number of morpholine rings is 1. The Morgan fingerprint density at radius 3 is 2.69 bits per heavy atom. The minimum Gasteiger partial charge on any atom is -0.488 e. The molecule has 160 valence electrons. The molecule has 8 heteroatoms. The van der Waals surface area contributed by atoms with Gasteiger partial charge >= 0.3 is 0 Å². The smallest absolute Gasteiger partial charge is 0.232 e. The average Bonchev–Trinajstić information content (AvgIpc) is 3.28. The lowest BCUT2D eigenvalue weighted by atomic mass is 10.0. The van der Waals surface area contributed by atoms with Crippen LogP contribution < -0.4 is 9.64 Å². The molecule has 2 aliphatic rings. The second-order valence-electron chi connectivity index (χ2n) is 7.45. The van der Waals surface area contributed by atoms with Gasteiger partial charge in [-0.25, -0.2) is 0 Å². The SMILES string of the molecule is N#C/C(=C/C1=Cc2cc(Cl)ccc2OC1)c1nnc(N2CCOCC2)n1-c1ccccc1. The van der Waals surface area contributed by atoms with Crippen LogP contribution in [0.5, 0.6) is 5.75 Å². The fraction of sp³-hybridized carbons (Fsp3) is 0.208. The molecule has 1 fully saturated rings. The first-order valence-electron chi connectivity index (χ1n) is 10.3. The number of aromatic nitrogens is 3. The first-order chi connectivity index (χ1) is 15.7. The van der Waals surface area contributed by atoms with Crippen LogP contribution in [-0.2, 0) is 4.74 Å². The second kappa shape index (κ2) is 8.87. The number of fused-ring (bicyclic) bond motifs is 1. The Kier molecular flexibility index (Phi) is 5.63. The lowest BCUT2D eigenvalue weighted by Gasteiger charge is -2.28. The van der Waals surface area contributed by atoms with Crippen molar-refractivity contribution in [3.05, 3.63) is 76.6 Å². The third kappa shape index (κ3) is 3.98. The zero-order valence-corrected chi connectivity index (χ0v) is 18.0. The predicted molar refractivity (Wildman–Crippen MR) is 123 cm³/mol. The van der Waals surface area contributed by atoms with Crippen molar-refractivity contribution in [1.29, 1.82) is 5.26 Å². The highest BCUT2D eigenvalue weighted by Crippen LogP contribution is 2.31. The molecule has 3 aromatic rings. The number of hydrogen-bond donors (Lipinski definition) is 0. The fourth-order valence-corrected chi connectivity index (χ4v) is 4.00. The Morgan fingerprint density at radius 1 is 1.09 bits per heavy atom. The van der Waals surface area contributed by atoms with Crippen molar-refractivity contribution in [2.24, 2.45) is 0 Å². The first kappa shape index (κ1) is 20.3. The average molecular weight is 446 g/mol. The van der Waals surface area contributed by atoms with Gasteiger partial charge in [-0.05, 0) is 48.1 Å². The molecule has 1 saturated heterocycles. The molecule has 5 rings (SSSR count). The van der Waals surface area contributed by atoms with Crippen LogP contribution in [0.3, 0.4) is 0 Å². The molecule has 0 amide bonds. The summed E-state index contributed by atoms with van der Waals surface area (Å²) in [6, 6.07) is 17.6. The molecule has 0 aliphatic carbocycles. The summed E-state index contributed by atoms with van der Waals surface area (Å²) in [6.45, 7) is 3.05. The Bertz CT molecular complexity index is 1240. The van der Waals surface area contributed by atoms with Crippen molar-refractivity contribution < 1.29 is 9.47 Å². The zero-order valence-electron chi connectivity index (χ0n) is 17.2. The monoisotopic (exact) mass is 445 g/mol. The number of anilines is 1. The number of benzene rings is 2. The molecule has 0 N–H and O–H groups in total. The Labute approximate surface area is 190 Å². The molecule has 0 unspecified atom stereocenters. The summed E-state index contributed by atoms with van der Waals surface area (Å²) in [5.74, 6) is 1.95. The molecule has 3 heterocycles. The van der Waals surface area contributed by atoms with E-state index in [1.165, 1.54) is 0 Å². The van der Waals surface area contributed by atoms with Crippen LogP contribution in [0.25, 0.3) is 17.3 Å². The summed E-state index contributed by atoms with van der Waals surface area (Å²) >= 11 is 6.13. The normalized spacial score (nSPS) is 16.1. The number of nitriles is 1. The second-order valence-corrected chi connectivity index (χ2v) is 7.89. The molecule has 2 aromatic carbocycles. The van der Waals surface area contributed by atoms with E-state index in [0.717, 1.165) is 22.6 Å². The Morgan fingerprint density at radius 2 is 1.91 bits per heavy atom. The molecule has 0 atom stereocenters. The van der Waals surface area contributed by atoms with Crippen LogP contribution in [0, 0.1) is 11.3 Å². The van der Waals surface area contributed by atoms with Crippen LogP contribution in [-0.4, -0.2) is 47.7 Å². The van der Waals surface area contributed by atoms with Gasteiger partial charge in [-0.2, -0.15) is 5.26 Å². The lowest BCUT2D eigenvalue weighted by molar-refractivity contribution is 0.122. The standard InChI is InChI=1S/C24H20ClN5O2/c25-20-6-7-22-18(14-20)12-17(16-32-22)13-19(15-26)23-27-28-24(29-8-10-31-11-9-29)30(23)21-4-2-1-3-5-21/h1-7,12-14H,8-11,16H2/b19-13-. The van der Waals surface area contributed by atoms with E-state index in [0.29, 0.717) is 55.3 Å². The van der Waals surface area contributed by atoms with Crippen LogP contribution >= 0.6 is 11.6 Å². The fourth-order valence-electron chi connectivity index (χ4n) is 3.82.